The van der Waals surface area contributed by atoms with Gasteiger partial charge in [0.15, 0.2) is 5.78 Å². The molecule has 0 atom stereocenters. The third kappa shape index (κ3) is 2.52. The Morgan fingerprint density at radius 2 is 2.00 bits per heavy atom. The van der Waals surface area contributed by atoms with E-state index in [1.807, 2.05) is 0 Å². The van der Waals surface area contributed by atoms with Crippen molar-refractivity contribution in [3.63, 3.8) is 0 Å². The van der Waals surface area contributed by atoms with Gasteiger partial charge < -0.3 is 0 Å². The molecule has 0 unspecified atom stereocenters. The summed E-state index contributed by atoms with van der Waals surface area (Å²) in [6, 6.07) is 9.09. The molecule has 2 aromatic heterocycles. The topological polar surface area (TPSA) is 69.8 Å². The number of thiophene rings is 1. The molecule has 0 aliphatic carbocycles. The molecule has 1 aromatic carbocycles. The van der Waals surface area contributed by atoms with Gasteiger partial charge >= 0.3 is 5.69 Å². The number of rotatable bonds is 4. The summed E-state index contributed by atoms with van der Waals surface area (Å²) in [4.78, 5) is 24.1. The highest BCUT2D eigenvalue weighted by Gasteiger charge is 2.16. The van der Waals surface area contributed by atoms with Crippen molar-refractivity contribution < 1.29 is 9.18 Å². The highest BCUT2D eigenvalue weighted by atomic mass is 32.1. The van der Waals surface area contributed by atoms with E-state index < -0.39 is 17.3 Å². The lowest BCUT2D eigenvalue weighted by Gasteiger charge is -2.00. The fourth-order valence-corrected chi connectivity index (χ4v) is 2.48. The van der Waals surface area contributed by atoms with Crippen molar-refractivity contribution in [1.29, 1.82) is 0 Å². The molecule has 0 bridgehead atoms. The van der Waals surface area contributed by atoms with E-state index in [0.717, 1.165) is 9.36 Å². The SMILES string of the molecule is O=C(Cn1nnn(-c2cccs2)c1=O)c1ccccc1F. The zero-order valence-corrected chi connectivity index (χ0v) is 11.5. The first kappa shape index (κ1) is 13.4. The van der Waals surface area contributed by atoms with Crippen molar-refractivity contribution >= 4 is 17.1 Å². The largest absolute Gasteiger partial charge is 0.369 e. The second kappa shape index (κ2) is 5.41. The predicted molar refractivity (Wildman–Crippen MR) is 74.2 cm³/mol. The highest BCUT2D eigenvalue weighted by Crippen LogP contribution is 2.11. The molecule has 106 valence electrons. The summed E-state index contributed by atoms with van der Waals surface area (Å²) in [5.41, 5.74) is -0.614. The number of benzene rings is 1. The summed E-state index contributed by atoms with van der Waals surface area (Å²) >= 11 is 1.32. The van der Waals surface area contributed by atoms with Gasteiger partial charge in [-0.15, -0.1) is 11.3 Å². The molecular weight excluding hydrogens is 295 g/mol. The van der Waals surface area contributed by atoms with Crippen molar-refractivity contribution in [3.8, 4) is 5.00 Å². The van der Waals surface area contributed by atoms with Crippen LogP contribution < -0.4 is 5.69 Å². The van der Waals surface area contributed by atoms with Crippen LogP contribution in [0.2, 0.25) is 0 Å². The Bertz CT molecular complexity index is 838. The quantitative estimate of drug-likeness (QED) is 0.685. The van der Waals surface area contributed by atoms with Crippen molar-refractivity contribution in [1.82, 2.24) is 19.8 Å². The number of aromatic nitrogens is 4. The Morgan fingerprint density at radius 1 is 1.19 bits per heavy atom. The van der Waals surface area contributed by atoms with E-state index in [2.05, 4.69) is 10.4 Å². The van der Waals surface area contributed by atoms with Gasteiger partial charge in [0, 0.05) is 0 Å². The van der Waals surface area contributed by atoms with Crippen LogP contribution in [0.5, 0.6) is 0 Å². The van der Waals surface area contributed by atoms with E-state index >= 15 is 0 Å². The minimum absolute atomic E-state index is 0.0740. The van der Waals surface area contributed by atoms with Gasteiger partial charge in [-0.2, -0.15) is 9.36 Å². The molecule has 6 nitrogen and oxygen atoms in total. The second-order valence-corrected chi connectivity index (χ2v) is 5.11. The lowest BCUT2D eigenvalue weighted by molar-refractivity contribution is 0.0961. The normalized spacial score (nSPS) is 10.7. The van der Waals surface area contributed by atoms with Gasteiger partial charge in [-0.1, -0.05) is 12.1 Å². The standard InChI is InChI=1S/C13H9FN4O2S/c14-10-5-2-1-4-9(10)11(19)8-17-13(20)18(16-15-17)12-6-3-7-21-12/h1-7H,8H2. The Morgan fingerprint density at radius 3 is 2.71 bits per heavy atom. The van der Waals surface area contributed by atoms with Gasteiger partial charge in [-0.05, 0) is 40.1 Å². The van der Waals surface area contributed by atoms with Crippen molar-refractivity contribution in [2.75, 3.05) is 0 Å². The van der Waals surface area contributed by atoms with Crippen LogP contribution in [0.1, 0.15) is 10.4 Å². The van der Waals surface area contributed by atoms with Crippen molar-refractivity contribution in [3.05, 3.63) is 63.6 Å². The molecule has 3 rings (SSSR count). The maximum absolute atomic E-state index is 13.5. The molecule has 2 heterocycles. The van der Waals surface area contributed by atoms with E-state index in [1.54, 1.807) is 23.6 Å². The van der Waals surface area contributed by atoms with E-state index in [1.165, 1.54) is 29.5 Å². The van der Waals surface area contributed by atoms with Crippen LogP contribution in [0.15, 0.2) is 46.6 Å². The molecule has 0 aliphatic heterocycles. The van der Waals surface area contributed by atoms with Crippen molar-refractivity contribution in [2.24, 2.45) is 0 Å². The lowest BCUT2D eigenvalue weighted by Crippen LogP contribution is -2.27. The van der Waals surface area contributed by atoms with Crippen LogP contribution in [0.3, 0.4) is 0 Å². The summed E-state index contributed by atoms with van der Waals surface area (Å²) in [6.07, 6.45) is 0. The zero-order chi connectivity index (χ0) is 14.8. The van der Waals surface area contributed by atoms with Gasteiger partial charge in [0.25, 0.3) is 0 Å². The summed E-state index contributed by atoms with van der Waals surface area (Å²) in [7, 11) is 0. The van der Waals surface area contributed by atoms with Gasteiger partial charge in [0.1, 0.15) is 17.4 Å². The molecule has 0 saturated heterocycles. The Balaban J connectivity index is 1.88. The lowest BCUT2D eigenvalue weighted by atomic mass is 10.1. The van der Waals surface area contributed by atoms with Crippen LogP contribution in [-0.4, -0.2) is 25.6 Å². The molecule has 0 aliphatic rings. The molecule has 0 radical (unpaired) electrons. The minimum atomic E-state index is -0.624. The third-order valence-corrected chi connectivity index (χ3v) is 3.67. The van der Waals surface area contributed by atoms with Gasteiger partial charge in [0.05, 0.1) is 5.56 Å². The van der Waals surface area contributed by atoms with Crippen molar-refractivity contribution in [2.45, 2.75) is 6.54 Å². The number of carbonyl (C=O) groups excluding carboxylic acids is 1. The molecule has 3 aromatic rings. The number of ketones is 1. The first-order chi connectivity index (χ1) is 10.2. The van der Waals surface area contributed by atoms with Gasteiger partial charge in [0.2, 0.25) is 0 Å². The van der Waals surface area contributed by atoms with Gasteiger partial charge in [-0.25, -0.2) is 9.18 Å². The number of halogens is 1. The molecule has 8 heteroatoms. The molecule has 21 heavy (non-hydrogen) atoms. The van der Waals surface area contributed by atoms with E-state index in [-0.39, 0.29) is 12.1 Å². The van der Waals surface area contributed by atoms with Crippen LogP contribution in [0, 0.1) is 5.82 Å². The van der Waals surface area contributed by atoms with Crippen LogP contribution in [0.25, 0.3) is 5.00 Å². The number of Topliss-reactive ketones (excluding diaryl/α,β-unsaturated/α-hetero) is 1. The molecule has 0 fully saturated rings. The molecule has 0 spiro atoms. The van der Waals surface area contributed by atoms with Gasteiger partial charge in [-0.3, -0.25) is 4.79 Å². The summed E-state index contributed by atoms with van der Waals surface area (Å²) in [5.74, 6) is -1.16. The zero-order valence-electron chi connectivity index (χ0n) is 10.6. The molecule has 0 N–H and O–H groups in total. The molecule has 0 amide bonds. The number of nitrogens with zero attached hydrogens (tertiary/aromatic N) is 4. The minimum Gasteiger partial charge on any atom is -0.292 e. The summed E-state index contributed by atoms with van der Waals surface area (Å²) < 4.78 is 15.5. The fraction of sp³-hybridized carbons (Fsp3) is 0.0769. The van der Waals surface area contributed by atoms with Crippen LogP contribution in [0.4, 0.5) is 4.39 Å². The highest BCUT2D eigenvalue weighted by molar-refractivity contribution is 7.12. The van der Waals surface area contributed by atoms with E-state index in [0.29, 0.717) is 5.00 Å². The maximum Gasteiger partial charge on any atom is 0.369 e. The first-order valence-electron chi connectivity index (χ1n) is 6.01. The Labute approximate surface area is 122 Å². The Kier molecular flexibility index (Phi) is 3.44. The molecule has 0 saturated carbocycles. The average molecular weight is 304 g/mol. The number of tetrazole rings is 1. The smallest absolute Gasteiger partial charge is 0.292 e. The second-order valence-electron chi connectivity index (χ2n) is 4.19. The maximum atomic E-state index is 13.5. The average Bonchev–Trinajstić information content (AvgIpc) is 3.10. The van der Waals surface area contributed by atoms with Crippen LogP contribution in [-0.2, 0) is 6.54 Å². The van der Waals surface area contributed by atoms with E-state index in [4.69, 9.17) is 0 Å². The monoisotopic (exact) mass is 304 g/mol. The number of hydrogen-bond acceptors (Lipinski definition) is 5. The first-order valence-corrected chi connectivity index (χ1v) is 6.89. The fourth-order valence-electron chi connectivity index (χ4n) is 1.81. The summed E-state index contributed by atoms with van der Waals surface area (Å²) in [6.45, 7) is -0.356. The van der Waals surface area contributed by atoms with E-state index in [9.17, 15) is 14.0 Å². The van der Waals surface area contributed by atoms with Crippen LogP contribution >= 0.6 is 11.3 Å². The number of carbonyl (C=O) groups is 1. The molecular formula is C13H9FN4O2S. The third-order valence-electron chi connectivity index (χ3n) is 2.82. The predicted octanol–water partition coefficient (Wildman–Crippen LogP) is 1.51. The number of hydrogen-bond donors (Lipinski definition) is 0. The Hall–Kier alpha value is -2.61. The summed E-state index contributed by atoms with van der Waals surface area (Å²) in [5, 5.41) is 9.75.